The van der Waals surface area contributed by atoms with Crippen molar-refractivity contribution in [3.8, 4) is 0 Å². The molecule has 4 aromatic rings. The Bertz CT molecular complexity index is 1060. The molecule has 0 aliphatic rings. The summed E-state index contributed by atoms with van der Waals surface area (Å²) >= 11 is 3.46. The van der Waals surface area contributed by atoms with Crippen molar-refractivity contribution < 1.29 is 10.2 Å². The van der Waals surface area contributed by atoms with Crippen molar-refractivity contribution in [1.82, 2.24) is 0 Å². The maximum atomic E-state index is 11.0. The molecule has 0 saturated heterocycles. The first-order valence-corrected chi connectivity index (χ1v) is 8.97. The Hall–Kier alpha value is -2.20. The van der Waals surface area contributed by atoms with Crippen LogP contribution in [0.3, 0.4) is 0 Å². The molecular weight excluding hydrogens is 376 g/mol. The Kier molecular flexibility index (Phi) is 4.30. The second-order valence-electron chi connectivity index (χ2n) is 6.14. The second kappa shape index (κ2) is 6.60. The normalized spacial score (nSPS) is 13.9. The fraction of sp³-hybridized carbons (Fsp3) is 0.0909. The molecule has 0 unspecified atom stereocenters. The predicted molar refractivity (Wildman–Crippen MR) is 106 cm³/mol. The lowest BCUT2D eigenvalue weighted by atomic mass is 9.91. The zero-order valence-electron chi connectivity index (χ0n) is 13.4. The van der Waals surface area contributed by atoms with Crippen LogP contribution in [-0.4, -0.2) is 10.2 Å². The van der Waals surface area contributed by atoms with Gasteiger partial charge in [-0.15, -0.1) is 0 Å². The lowest BCUT2D eigenvalue weighted by Gasteiger charge is -2.22. The Labute approximate surface area is 154 Å². The summed E-state index contributed by atoms with van der Waals surface area (Å²) in [5.74, 6) is 0. The molecule has 2 nitrogen and oxygen atoms in total. The van der Waals surface area contributed by atoms with Gasteiger partial charge in [0.2, 0.25) is 0 Å². The molecule has 4 rings (SSSR count). The van der Waals surface area contributed by atoms with E-state index in [9.17, 15) is 10.2 Å². The number of benzene rings is 4. The highest BCUT2D eigenvalue weighted by Gasteiger charge is 2.24. The summed E-state index contributed by atoms with van der Waals surface area (Å²) in [5.41, 5.74) is 1.41. The number of hydrogen-bond donors (Lipinski definition) is 2. The summed E-state index contributed by atoms with van der Waals surface area (Å²) in [5, 5.41) is 26.0. The molecule has 0 radical (unpaired) electrons. The van der Waals surface area contributed by atoms with E-state index in [2.05, 4.69) is 28.1 Å². The molecule has 0 fully saturated rings. The smallest absolute Gasteiger partial charge is 0.110 e. The molecule has 4 aromatic carbocycles. The van der Waals surface area contributed by atoms with Crippen LogP contribution in [0.5, 0.6) is 0 Å². The van der Waals surface area contributed by atoms with Crippen LogP contribution in [0.15, 0.2) is 83.3 Å². The van der Waals surface area contributed by atoms with Gasteiger partial charge < -0.3 is 10.2 Å². The zero-order chi connectivity index (χ0) is 17.4. The maximum Gasteiger partial charge on any atom is 0.110 e. The van der Waals surface area contributed by atoms with Gasteiger partial charge in [0.25, 0.3) is 0 Å². The third kappa shape index (κ3) is 2.85. The predicted octanol–water partition coefficient (Wildman–Crippen LogP) is 5.52. The number of hydrogen-bond acceptors (Lipinski definition) is 2. The van der Waals surface area contributed by atoms with Crippen molar-refractivity contribution in [2.24, 2.45) is 0 Å². The van der Waals surface area contributed by atoms with Crippen molar-refractivity contribution in [1.29, 1.82) is 0 Å². The van der Waals surface area contributed by atoms with Crippen molar-refractivity contribution >= 4 is 37.5 Å². The average Bonchev–Trinajstić information content (AvgIpc) is 2.66. The highest BCUT2D eigenvalue weighted by molar-refractivity contribution is 9.10. The standard InChI is InChI=1S/C22H17BrO2/c23-20-12-6-5-11-18(20)21(24)22(25)19-13-14-7-1-2-8-15(14)16-9-3-4-10-17(16)19/h1-13,21-22,24-25H/t21-,22-/m0/s1. The summed E-state index contributed by atoms with van der Waals surface area (Å²) in [7, 11) is 0. The summed E-state index contributed by atoms with van der Waals surface area (Å²) in [6.07, 6.45) is -2.03. The molecule has 0 aromatic heterocycles. The van der Waals surface area contributed by atoms with Gasteiger partial charge in [0.15, 0.2) is 0 Å². The van der Waals surface area contributed by atoms with E-state index in [-0.39, 0.29) is 0 Å². The first kappa shape index (κ1) is 16.3. The van der Waals surface area contributed by atoms with Crippen molar-refractivity contribution in [3.05, 3.63) is 94.5 Å². The topological polar surface area (TPSA) is 40.5 Å². The molecule has 0 amide bonds. The van der Waals surface area contributed by atoms with Gasteiger partial charge >= 0.3 is 0 Å². The summed E-state index contributed by atoms with van der Waals surface area (Å²) < 4.78 is 0.784. The molecule has 0 aliphatic carbocycles. The number of rotatable bonds is 3. The Morgan fingerprint density at radius 3 is 1.92 bits per heavy atom. The van der Waals surface area contributed by atoms with E-state index >= 15 is 0 Å². The van der Waals surface area contributed by atoms with Gasteiger partial charge in [-0.1, -0.05) is 82.7 Å². The molecule has 3 heteroatoms. The number of fused-ring (bicyclic) bond motifs is 3. The third-order valence-electron chi connectivity index (χ3n) is 4.64. The summed E-state index contributed by atoms with van der Waals surface area (Å²) in [6.45, 7) is 0. The van der Waals surface area contributed by atoms with Gasteiger partial charge in [0.05, 0.1) is 0 Å². The van der Waals surface area contributed by atoms with E-state index in [1.54, 1.807) is 0 Å². The molecule has 2 atom stereocenters. The van der Waals surface area contributed by atoms with Crippen LogP contribution in [0.1, 0.15) is 23.3 Å². The van der Waals surface area contributed by atoms with Crippen molar-refractivity contribution in [2.45, 2.75) is 12.2 Å². The molecule has 0 bridgehead atoms. The zero-order valence-corrected chi connectivity index (χ0v) is 15.0. The van der Waals surface area contributed by atoms with Gasteiger partial charge in [-0.25, -0.2) is 0 Å². The molecule has 0 heterocycles. The number of aliphatic hydroxyl groups is 2. The average molecular weight is 393 g/mol. The Morgan fingerprint density at radius 2 is 1.16 bits per heavy atom. The maximum absolute atomic E-state index is 11.0. The summed E-state index contributed by atoms with van der Waals surface area (Å²) in [6, 6.07) is 25.5. The van der Waals surface area contributed by atoms with Crippen molar-refractivity contribution in [2.75, 3.05) is 0 Å². The quantitative estimate of drug-likeness (QED) is 0.450. The first-order valence-electron chi connectivity index (χ1n) is 8.18. The fourth-order valence-corrected chi connectivity index (χ4v) is 3.90. The molecular formula is C22H17BrO2. The second-order valence-corrected chi connectivity index (χ2v) is 7.00. The van der Waals surface area contributed by atoms with Gasteiger partial charge in [-0.05, 0) is 44.8 Å². The highest BCUT2D eigenvalue weighted by atomic mass is 79.9. The van der Waals surface area contributed by atoms with Crippen LogP contribution < -0.4 is 0 Å². The third-order valence-corrected chi connectivity index (χ3v) is 5.36. The minimum atomic E-state index is -1.02. The van der Waals surface area contributed by atoms with Crippen molar-refractivity contribution in [3.63, 3.8) is 0 Å². The van der Waals surface area contributed by atoms with Gasteiger partial charge in [-0.2, -0.15) is 0 Å². The lowest BCUT2D eigenvalue weighted by Crippen LogP contribution is -2.11. The molecule has 124 valence electrons. The minimum absolute atomic E-state index is 0.673. The highest BCUT2D eigenvalue weighted by Crippen LogP contribution is 2.38. The van der Waals surface area contributed by atoms with E-state index < -0.39 is 12.2 Å². The molecule has 2 N–H and O–H groups in total. The Morgan fingerprint density at radius 1 is 0.600 bits per heavy atom. The van der Waals surface area contributed by atoms with Crippen LogP contribution in [-0.2, 0) is 0 Å². The lowest BCUT2D eigenvalue weighted by molar-refractivity contribution is 0.0178. The van der Waals surface area contributed by atoms with E-state index in [1.165, 1.54) is 0 Å². The monoisotopic (exact) mass is 392 g/mol. The summed E-state index contributed by atoms with van der Waals surface area (Å²) in [4.78, 5) is 0. The van der Waals surface area contributed by atoms with E-state index in [1.807, 2.05) is 66.7 Å². The van der Waals surface area contributed by atoms with Crippen LogP contribution in [0, 0.1) is 0 Å². The van der Waals surface area contributed by atoms with E-state index in [4.69, 9.17) is 0 Å². The molecule has 0 spiro atoms. The SMILES string of the molecule is O[C@@H](c1ccccc1Br)[C@@H](O)c1cc2ccccc2c2ccccc12. The largest absolute Gasteiger partial charge is 0.385 e. The number of aliphatic hydroxyl groups excluding tert-OH is 2. The van der Waals surface area contributed by atoms with Gasteiger partial charge in [-0.3, -0.25) is 0 Å². The van der Waals surface area contributed by atoms with Crippen LogP contribution in [0.2, 0.25) is 0 Å². The van der Waals surface area contributed by atoms with E-state index in [0.717, 1.165) is 31.6 Å². The van der Waals surface area contributed by atoms with Gasteiger partial charge in [0.1, 0.15) is 12.2 Å². The minimum Gasteiger partial charge on any atom is -0.385 e. The molecule has 0 aliphatic heterocycles. The Balaban J connectivity index is 1.91. The van der Waals surface area contributed by atoms with Crippen LogP contribution in [0.25, 0.3) is 21.5 Å². The van der Waals surface area contributed by atoms with E-state index in [0.29, 0.717) is 5.56 Å². The number of halogens is 1. The molecule has 0 saturated carbocycles. The van der Waals surface area contributed by atoms with Crippen LogP contribution in [0.4, 0.5) is 0 Å². The van der Waals surface area contributed by atoms with Gasteiger partial charge in [0, 0.05) is 4.47 Å². The molecule has 25 heavy (non-hydrogen) atoms. The first-order chi connectivity index (χ1) is 12.2. The fourth-order valence-electron chi connectivity index (χ4n) is 3.38. The van der Waals surface area contributed by atoms with Crippen LogP contribution >= 0.6 is 15.9 Å².